The topological polar surface area (TPSA) is 30.2 Å². The number of hydrogen-bond donors (Lipinski definition) is 0. The van der Waals surface area contributed by atoms with E-state index in [9.17, 15) is 0 Å². The maximum atomic E-state index is 4.54. The highest BCUT2D eigenvalue weighted by Crippen LogP contribution is 2.31. The Balaban J connectivity index is 1.91. The Morgan fingerprint density at radius 1 is 0.692 bits per heavy atom. The van der Waals surface area contributed by atoms with Crippen molar-refractivity contribution < 1.29 is 0 Å². The van der Waals surface area contributed by atoms with Crippen molar-refractivity contribution in [1.82, 2.24) is 14.6 Å². The number of nitrogens with zero attached hydrogens (tertiary/aromatic N) is 3. The van der Waals surface area contributed by atoms with Crippen LogP contribution in [0.3, 0.4) is 0 Å². The molecule has 0 N–H and O–H groups in total. The lowest BCUT2D eigenvalue weighted by Gasteiger charge is -2.11. The summed E-state index contributed by atoms with van der Waals surface area (Å²) in [6, 6.07) is 29.4. The zero-order valence-corrected chi connectivity index (χ0v) is 14.4. The highest BCUT2D eigenvalue weighted by Gasteiger charge is 2.15. The van der Waals surface area contributed by atoms with Gasteiger partial charge < -0.3 is 0 Å². The molecule has 26 heavy (non-hydrogen) atoms. The normalized spacial score (nSPS) is 11.3. The predicted molar refractivity (Wildman–Crippen MR) is 106 cm³/mol. The van der Waals surface area contributed by atoms with Crippen LogP contribution in [-0.2, 0) is 0 Å². The smallest absolute Gasteiger partial charge is 0.169 e. The molecule has 3 nitrogen and oxygen atoms in total. The van der Waals surface area contributed by atoms with E-state index in [-0.39, 0.29) is 0 Å². The van der Waals surface area contributed by atoms with E-state index in [4.69, 9.17) is 0 Å². The third kappa shape index (κ3) is 2.29. The van der Waals surface area contributed by atoms with Crippen LogP contribution < -0.4 is 0 Å². The lowest BCUT2D eigenvalue weighted by atomic mass is 10.1. The highest BCUT2D eigenvalue weighted by atomic mass is 15.3. The molecule has 5 rings (SSSR count). The Morgan fingerprint density at radius 2 is 1.42 bits per heavy atom. The van der Waals surface area contributed by atoms with E-state index < -0.39 is 0 Å². The summed E-state index contributed by atoms with van der Waals surface area (Å²) >= 11 is 0. The highest BCUT2D eigenvalue weighted by molar-refractivity contribution is 5.97. The third-order valence-electron chi connectivity index (χ3n) is 4.78. The third-order valence-corrected chi connectivity index (χ3v) is 4.78. The second-order valence-electron chi connectivity index (χ2n) is 6.53. The first kappa shape index (κ1) is 14.8. The fourth-order valence-electron chi connectivity index (χ4n) is 3.44. The van der Waals surface area contributed by atoms with Crippen molar-refractivity contribution in [2.24, 2.45) is 0 Å². The van der Waals surface area contributed by atoms with E-state index in [2.05, 4.69) is 94.3 Å². The van der Waals surface area contributed by atoms with Gasteiger partial charge in [-0.2, -0.15) is 0 Å². The standard InChI is InChI=1S/C23H17N3/c1-16-11-13-18(14-12-16)22-24-25-23-20-10-6-5-9-19(20)15-21(26(22)23)17-7-3-2-4-8-17/h2-15H,1H3. The molecule has 0 saturated carbocycles. The fraction of sp³-hybridized carbons (Fsp3) is 0.0435. The first-order valence-corrected chi connectivity index (χ1v) is 8.70. The van der Waals surface area contributed by atoms with Gasteiger partial charge in [-0.15, -0.1) is 10.2 Å². The quantitative estimate of drug-likeness (QED) is 0.425. The van der Waals surface area contributed by atoms with E-state index in [0.717, 1.165) is 33.7 Å². The van der Waals surface area contributed by atoms with Crippen LogP contribution in [0.25, 0.3) is 39.1 Å². The van der Waals surface area contributed by atoms with Gasteiger partial charge >= 0.3 is 0 Å². The van der Waals surface area contributed by atoms with Gasteiger partial charge in [-0.1, -0.05) is 84.4 Å². The molecule has 0 radical (unpaired) electrons. The second kappa shape index (κ2) is 5.81. The van der Waals surface area contributed by atoms with Gasteiger partial charge in [0.05, 0.1) is 5.69 Å². The zero-order chi connectivity index (χ0) is 17.5. The van der Waals surface area contributed by atoms with Gasteiger partial charge in [0.25, 0.3) is 0 Å². The number of benzene rings is 3. The summed E-state index contributed by atoms with van der Waals surface area (Å²) in [6.07, 6.45) is 0. The fourth-order valence-corrected chi connectivity index (χ4v) is 3.44. The van der Waals surface area contributed by atoms with E-state index in [1.165, 1.54) is 10.9 Å². The molecule has 0 fully saturated rings. The van der Waals surface area contributed by atoms with Gasteiger partial charge in [-0.3, -0.25) is 4.40 Å². The minimum absolute atomic E-state index is 0.865. The van der Waals surface area contributed by atoms with Crippen LogP contribution >= 0.6 is 0 Å². The molecule has 0 aliphatic carbocycles. The van der Waals surface area contributed by atoms with Crippen LogP contribution in [0.15, 0.2) is 84.9 Å². The largest absolute Gasteiger partial charge is 0.274 e. The molecule has 0 amide bonds. The number of fused-ring (bicyclic) bond motifs is 3. The monoisotopic (exact) mass is 335 g/mol. The van der Waals surface area contributed by atoms with Crippen molar-refractivity contribution in [2.75, 3.05) is 0 Å². The minimum Gasteiger partial charge on any atom is -0.274 e. The summed E-state index contributed by atoms with van der Waals surface area (Å²) in [5, 5.41) is 11.4. The predicted octanol–water partition coefficient (Wildman–Crippen LogP) is 5.52. The van der Waals surface area contributed by atoms with Crippen LogP contribution in [-0.4, -0.2) is 14.6 Å². The van der Waals surface area contributed by atoms with E-state index in [0.29, 0.717) is 0 Å². The van der Waals surface area contributed by atoms with Gasteiger partial charge in [0.1, 0.15) is 0 Å². The van der Waals surface area contributed by atoms with Gasteiger partial charge in [-0.25, -0.2) is 0 Å². The van der Waals surface area contributed by atoms with Crippen molar-refractivity contribution >= 4 is 16.4 Å². The Kier molecular flexibility index (Phi) is 3.32. The van der Waals surface area contributed by atoms with Gasteiger partial charge in [0, 0.05) is 10.9 Å². The summed E-state index contributed by atoms with van der Waals surface area (Å²) < 4.78 is 2.17. The molecule has 3 aromatic carbocycles. The van der Waals surface area contributed by atoms with Crippen molar-refractivity contribution in [3.63, 3.8) is 0 Å². The molecule has 0 spiro atoms. The molecular formula is C23H17N3. The average molecular weight is 335 g/mol. The van der Waals surface area contributed by atoms with Crippen molar-refractivity contribution in [1.29, 1.82) is 0 Å². The van der Waals surface area contributed by atoms with Crippen LogP contribution in [0, 0.1) is 6.92 Å². The van der Waals surface area contributed by atoms with Crippen LogP contribution in [0.2, 0.25) is 0 Å². The van der Waals surface area contributed by atoms with Crippen LogP contribution in [0.5, 0.6) is 0 Å². The molecule has 2 aromatic heterocycles. The number of rotatable bonds is 2. The maximum Gasteiger partial charge on any atom is 0.169 e. The molecule has 124 valence electrons. The summed E-state index contributed by atoms with van der Waals surface area (Å²) in [5.74, 6) is 0.865. The molecular weight excluding hydrogens is 318 g/mol. The van der Waals surface area contributed by atoms with Crippen molar-refractivity contribution in [3.8, 4) is 22.6 Å². The molecule has 0 aliphatic rings. The minimum atomic E-state index is 0.865. The first-order valence-electron chi connectivity index (χ1n) is 8.70. The van der Waals surface area contributed by atoms with E-state index in [1.807, 2.05) is 12.1 Å². The molecule has 0 bridgehead atoms. The SMILES string of the molecule is Cc1ccc(-c2nnc3c4ccccc4cc(-c4ccccc4)n23)cc1. The second-order valence-corrected chi connectivity index (χ2v) is 6.53. The Bertz CT molecular complexity index is 1220. The summed E-state index contributed by atoms with van der Waals surface area (Å²) in [6.45, 7) is 2.09. The van der Waals surface area contributed by atoms with Crippen molar-refractivity contribution in [3.05, 3.63) is 90.5 Å². The molecule has 0 atom stereocenters. The lowest BCUT2D eigenvalue weighted by molar-refractivity contribution is 1.11. The molecule has 5 aromatic rings. The van der Waals surface area contributed by atoms with Gasteiger partial charge in [-0.05, 0) is 23.9 Å². The summed E-state index contributed by atoms with van der Waals surface area (Å²) in [7, 11) is 0. The molecule has 2 heterocycles. The van der Waals surface area contributed by atoms with Crippen LogP contribution in [0.1, 0.15) is 5.56 Å². The van der Waals surface area contributed by atoms with E-state index in [1.54, 1.807) is 0 Å². The van der Waals surface area contributed by atoms with Crippen LogP contribution in [0.4, 0.5) is 0 Å². The average Bonchev–Trinajstić information content (AvgIpc) is 3.14. The number of pyridine rings is 1. The Labute approximate surface area is 151 Å². The molecule has 0 aliphatic heterocycles. The zero-order valence-electron chi connectivity index (χ0n) is 14.4. The van der Waals surface area contributed by atoms with Gasteiger partial charge in [0.2, 0.25) is 0 Å². The lowest BCUT2D eigenvalue weighted by Crippen LogP contribution is -1.96. The summed E-state index contributed by atoms with van der Waals surface area (Å²) in [5.41, 5.74) is 5.43. The number of aromatic nitrogens is 3. The molecule has 0 unspecified atom stereocenters. The first-order chi connectivity index (χ1) is 12.8. The molecule has 3 heteroatoms. The summed E-state index contributed by atoms with van der Waals surface area (Å²) in [4.78, 5) is 0. The van der Waals surface area contributed by atoms with Gasteiger partial charge in [0.15, 0.2) is 11.5 Å². The maximum absolute atomic E-state index is 4.54. The van der Waals surface area contributed by atoms with E-state index >= 15 is 0 Å². The Morgan fingerprint density at radius 3 is 2.23 bits per heavy atom. The van der Waals surface area contributed by atoms with Crippen molar-refractivity contribution in [2.45, 2.75) is 6.92 Å². The number of aryl methyl sites for hydroxylation is 1. The Hall–Kier alpha value is -3.46. The molecule has 0 saturated heterocycles. The number of hydrogen-bond acceptors (Lipinski definition) is 2.